The highest BCUT2D eigenvalue weighted by Crippen LogP contribution is 2.46. The van der Waals surface area contributed by atoms with Gasteiger partial charge in [0.25, 0.3) is 0 Å². The lowest BCUT2D eigenvalue weighted by molar-refractivity contribution is 1.02. The Hall–Kier alpha value is -5.14. The van der Waals surface area contributed by atoms with E-state index in [4.69, 9.17) is 9.97 Å². The van der Waals surface area contributed by atoms with Crippen LogP contribution in [0, 0.1) is 0 Å². The Morgan fingerprint density at radius 1 is 0.435 bits per heavy atom. The van der Waals surface area contributed by atoms with E-state index in [1.54, 1.807) is 11.3 Å². The lowest BCUT2D eigenvalue weighted by atomic mass is 10.0. The number of fused-ring (bicyclic) bond motifs is 13. The summed E-state index contributed by atoms with van der Waals surface area (Å²) in [5, 5.41) is 9.90. The summed E-state index contributed by atoms with van der Waals surface area (Å²) in [5.41, 5.74) is 4.44. The summed E-state index contributed by atoms with van der Waals surface area (Å²) in [7, 11) is 0. The summed E-state index contributed by atoms with van der Waals surface area (Å²) in [6.45, 7) is 0. The number of benzene rings is 6. The lowest BCUT2D eigenvalue weighted by Crippen LogP contribution is -2.02. The quantitative estimate of drug-likeness (QED) is 0.188. The van der Waals surface area contributed by atoms with Crippen molar-refractivity contribution in [2.75, 3.05) is 0 Å². The van der Waals surface area contributed by atoms with E-state index in [0.717, 1.165) is 27.0 Å². The SMILES string of the molecule is c1ccc2c(c1)sc1c(-c3nc(-n4c5ccccc5c5ccc6c7ccccc7sc6c54)nc4sc5ccccc5c34)cccc12. The van der Waals surface area contributed by atoms with Crippen molar-refractivity contribution in [1.29, 1.82) is 0 Å². The minimum absolute atomic E-state index is 0.711. The van der Waals surface area contributed by atoms with Crippen LogP contribution in [0.15, 0.2) is 127 Å². The molecule has 0 fully saturated rings. The molecule has 214 valence electrons. The van der Waals surface area contributed by atoms with Crippen molar-refractivity contribution >= 4 is 116 Å². The molecule has 0 atom stereocenters. The molecule has 0 aliphatic rings. The highest BCUT2D eigenvalue weighted by atomic mass is 32.1. The third kappa shape index (κ3) is 3.30. The molecule has 0 spiro atoms. The van der Waals surface area contributed by atoms with Gasteiger partial charge in [0.15, 0.2) is 0 Å². The second-order valence-corrected chi connectivity index (χ2v) is 14.9. The molecule has 0 saturated carbocycles. The Morgan fingerprint density at radius 3 is 1.80 bits per heavy atom. The first-order valence-corrected chi connectivity index (χ1v) is 17.7. The Bertz CT molecular complexity index is 3050. The van der Waals surface area contributed by atoms with Crippen LogP contribution in [0.25, 0.3) is 99.7 Å². The molecule has 11 aromatic rings. The molecule has 0 amide bonds. The van der Waals surface area contributed by atoms with Gasteiger partial charge in [-0.15, -0.1) is 34.0 Å². The van der Waals surface area contributed by atoms with E-state index < -0.39 is 0 Å². The van der Waals surface area contributed by atoms with Gasteiger partial charge >= 0.3 is 0 Å². The fraction of sp³-hybridized carbons (Fsp3) is 0. The Labute approximate surface area is 274 Å². The van der Waals surface area contributed by atoms with Crippen molar-refractivity contribution < 1.29 is 0 Å². The van der Waals surface area contributed by atoms with E-state index in [-0.39, 0.29) is 0 Å². The minimum atomic E-state index is 0.711. The van der Waals surface area contributed by atoms with Gasteiger partial charge in [-0.2, -0.15) is 0 Å². The number of aromatic nitrogens is 3. The van der Waals surface area contributed by atoms with Gasteiger partial charge in [0.05, 0.1) is 21.4 Å². The summed E-state index contributed by atoms with van der Waals surface area (Å²) in [5.74, 6) is 0.711. The maximum Gasteiger partial charge on any atom is 0.236 e. The van der Waals surface area contributed by atoms with Crippen LogP contribution in [0.3, 0.4) is 0 Å². The smallest absolute Gasteiger partial charge is 0.236 e. The maximum absolute atomic E-state index is 5.59. The van der Waals surface area contributed by atoms with E-state index in [0.29, 0.717) is 5.95 Å². The number of rotatable bonds is 2. The Morgan fingerprint density at radius 2 is 1.02 bits per heavy atom. The molecule has 6 aromatic carbocycles. The molecule has 0 bridgehead atoms. The summed E-state index contributed by atoms with van der Waals surface area (Å²) >= 11 is 5.46. The molecule has 0 unspecified atom stereocenters. The average molecular weight is 640 g/mol. The Kier molecular flexibility index (Phi) is 5.02. The van der Waals surface area contributed by atoms with Crippen LogP contribution in [-0.4, -0.2) is 14.5 Å². The maximum atomic E-state index is 5.59. The first-order valence-electron chi connectivity index (χ1n) is 15.3. The number of nitrogens with zero attached hydrogens (tertiary/aromatic N) is 3. The van der Waals surface area contributed by atoms with Gasteiger partial charge in [0, 0.05) is 67.5 Å². The van der Waals surface area contributed by atoms with Gasteiger partial charge in [-0.1, -0.05) is 103 Å². The molecule has 11 rings (SSSR count). The topological polar surface area (TPSA) is 30.7 Å². The first-order chi connectivity index (χ1) is 22.8. The van der Waals surface area contributed by atoms with Crippen molar-refractivity contribution in [3.8, 4) is 17.2 Å². The molecular weight excluding hydrogens is 619 g/mol. The van der Waals surface area contributed by atoms with Gasteiger partial charge in [-0.05, 0) is 24.3 Å². The molecule has 6 heteroatoms. The van der Waals surface area contributed by atoms with Crippen molar-refractivity contribution in [2.24, 2.45) is 0 Å². The molecule has 5 aromatic heterocycles. The van der Waals surface area contributed by atoms with Gasteiger partial charge in [-0.25, -0.2) is 9.97 Å². The van der Waals surface area contributed by atoms with Gasteiger partial charge in [0.2, 0.25) is 5.95 Å². The fourth-order valence-corrected chi connectivity index (χ4v) is 10.8. The Balaban J connectivity index is 1.32. The fourth-order valence-electron chi connectivity index (χ4n) is 7.28. The lowest BCUT2D eigenvalue weighted by Gasteiger charge is -2.11. The normalized spacial score (nSPS) is 12.3. The largest absolute Gasteiger partial charge is 0.276 e. The van der Waals surface area contributed by atoms with Crippen molar-refractivity contribution in [3.63, 3.8) is 0 Å². The third-order valence-corrected chi connectivity index (χ3v) is 12.7. The summed E-state index contributed by atoms with van der Waals surface area (Å²) in [6.07, 6.45) is 0. The monoisotopic (exact) mass is 639 g/mol. The highest BCUT2D eigenvalue weighted by molar-refractivity contribution is 7.27. The van der Waals surface area contributed by atoms with Crippen molar-refractivity contribution in [1.82, 2.24) is 14.5 Å². The van der Waals surface area contributed by atoms with Crippen LogP contribution in [0.1, 0.15) is 0 Å². The summed E-state index contributed by atoms with van der Waals surface area (Å²) in [6, 6.07) is 46.0. The second kappa shape index (κ2) is 9.21. The number of hydrogen-bond donors (Lipinski definition) is 0. The molecule has 0 aliphatic heterocycles. The molecule has 5 heterocycles. The third-order valence-electron chi connectivity index (χ3n) is 9.27. The predicted molar refractivity (Wildman–Crippen MR) is 200 cm³/mol. The van der Waals surface area contributed by atoms with E-state index in [2.05, 4.69) is 132 Å². The van der Waals surface area contributed by atoms with Gasteiger partial charge in [-0.3, -0.25) is 4.57 Å². The number of thiophene rings is 3. The van der Waals surface area contributed by atoms with Gasteiger partial charge < -0.3 is 0 Å². The zero-order valence-corrected chi connectivity index (χ0v) is 26.6. The minimum Gasteiger partial charge on any atom is -0.276 e. The zero-order valence-electron chi connectivity index (χ0n) is 24.2. The summed E-state index contributed by atoms with van der Waals surface area (Å²) in [4.78, 5) is 12.0. The standard InChI is InChI=1S/C40H21N3S3/c1-5-16-30-22(10-1)25-20-21-27-24-12-3-7-18-32(24)45-38(27)36(25)43(30)40-41-35(34-28-13-4-8-19-33(28)46-39(34)42-40)29-15-9-14-26-23-11-2-6-17-31(23)44-37(26)29/h1-21H. The molecule has 0 saturated heterocycles. The van der Waals surface area contributed by atoms with Gasteiger partial charge in [0.1, 0.15) is 4.83 Å². The molecule has 3 nitrogen and oxygen atoms in total. The van der Waals surface area contributed by atoms with Crippen LogP contribution in [-0.2, 0) is 0 Å². The molecule has 0 N–H and O–H groups in total. The van der Waals surface area contributed by atoms with Crippen molar-refractivity contribution in [2.45, 2.75) is 0 Å². The van der Waals surface area contributed by atoms with E-state index >= 15 is 0 Å². The zero-order chi connectivity index (χ0) is 29.9. The number of para-hydroxylation sites is 1. The predicted octanol–water partition coefficient (Wildman–Crippen LogP) is 12.3. The molecule has 0 radical (unpaired) electrons. The highest BCUT2D eigenvalue weighted by Gasteiger charge is 2.23. The van der Waals surface area contributed by atoms with Crippen LogP contribution >= 0.6 is 34.0 Å². The van der Waals surface area contributed by atoms with E-state index in [1.807, 2.05) is 22.7 Å². The van der Waals surface area contributed by atoms with E-state index in [9.17, 15) is 0 Å². The van der Waals surface area contributed by atoms with Crippen LogP contribution in [0.4, 0.5) is 0 Å². The average Bonchev–Trinajstić information content (AvgIpc) is 3.86. The van der Waals surface area contributed by atoms with Crippen molar-refractivity contribution in [3.05, 3.63) is 127 Å². The first kappa shape index (κ1) is 25.1. The van der Waals surface area contributed by atoms with Crippen LogP contribution in [0.5, 0.6) is 0 Å². The summed E-state index contributed by atoms with van der Waals surface area (Å²) < 4.78 is 8.66. The molecular formula is C40H21N3S3. The van der Waals surface area contributed by atoms with E-state index in [1.165, 1.54) is 66.7 Å². The molecule has 0 aliphatic carbocycles. The molecule has 46 heavy (non-hydrogen) atoms. The van der Waals surface area contributed by atoms with Crippen LogP contribution in [0.2, 0.25) is 0 Å². The second-order valence-electron chi connectivity index (χ2n) is 11.7. The van der Waals surface area contributed by atoms with Crippen LogP contribution < -0.4 is 0 Å². The number of hydrogen-bond acceptors (Lipinski definition) is 5.